The number of carbonyl (C=O) groups is 1. The molecule has 0 aliphatic heterocycles. The van der Waals surface area contributed by atoms with Gasteiger partial charge in [0, 0.05) is 13.0 Å². The Hall–Kier alpha value is -2.02. The van der Waals surface area contributed by atoms with Crippen molar-refractivity contribution in [1.29, 1.82) is 0 Å². The van der Waals surface area contributed by atoms with E-state index in [-0.39, 0.29) is 16.8 Å². The molecule has 0 saturated carbocycles. The van der Waals surface area contributed by atoms with Gasteiger partial charge in [0.05, 0.1) is 12.4 Å². The Kier molecular flexibility index (Phi) is 3.61. The average Bonchev–Trinajstić information content (AvgIpc) is 2.83. The number of carbonyl (C=O) groups excluding carboxylic acids is 1. The number of amides is 1. The van der Waals surface area contributed by atoms with Crippen LogP contribution in [0.25, 0.3) is 0 Å². The van der Waals surface area contributed by atoms with Gasteiger partial charge in [-0.15, -0.1) is 0 Å². The molecule has 0 fully saturated rings. The van der Waals surface area contributed by atoms with E-state index in [0.717, 1.165) is 0 Å². The minimum absolute atomic E-state index is 0.229. The normalized spacial score (nSPS) is 10.2. The Morgan fingerprint density at radius 2 is 2.24 bits per heavy atom. The maximum atomic E-state index is 11.6. The molecule has 8 heteroatoms. The van der Waals surface area contributed by atoms with E-state index in [4.69, 9.17) is 11.6 Å². The van der Waals surface area contributed by atoms with Crippen molar-refractivity contribution in [2.75, 3.05) is 6.54 Å². The largest absolute Gasteiger partial charge is 0.350 e. The van der Waals surface area contributed by atoms with Gasteiger partial charge in [0.2, 0.25) is 0 Å². The zero-order chi connectivity index (χ0) is 12.1. The van der Waals surface area contributed by atoms with Gasteiger partial charge < -0.3 is 5.32 Å². The van der Waals surface area contributed by atoms with E-state index in [1.165, 1.54) is 18.7 Å². The molecule has 0 unspecified atom stereocenters. The molecule has 2 N–H and O–H groups in total. The first-order valence-corrected chi connectivity index (χ1v) is 5.23. The summed E-state index contributed by atoms with van der Waals surface area (Å²) in [5.74, 6) is 0.418. The lowest BCUT2D eigenvalue weighted by molar-refractivity contribution is 0.0948. The van der Waals surface area contributed by atoms with Crippen LogP contribution in [0.2, 0.25) is 5.15 Å². The van der Waals surface area contributed by atoms with Crippen LogP contribution in [0.15, 0.2) is 18.7 Å². The van der Waals surface area contributed by atoms with Gasteiger partial charge in [-0.3, -0.25) is 9.89 Å². The van der Waals surface area contributed by atoms with E-state index < -0.39 is 0 Å². The number of rotatable bonds is 4. The molecule has 17 heavy (non-hydrogen) atoms. The van der Waals surface area contributed by atoms with Gasteiger partial charge in [-0.2, -0.15) is 5.10 Å². The Morgan fingerprint density at radius 1 is 1.35 bits per heavy atom. The predicted molar refractivity (Wildman–Crippen MR) is 59.5 cm³/mol. The van der Waals surface area contributed by atoms with E-state index in [2.05, 4.69) is 30.5 Å². The monoisotopic (exact) mass is 252 g/mol. The first kappa shape index (κ1) is 11.5. The number of aromatic nitrogens is 5. The van der Waals surface area contributed by atoms with E-state index in [1.807, 2.05) is 0 Å². The highest BCUT2D eigenvalue weighted by molar-refractivity contribution is 6.29. The highest BCUT2D eigenvalue weighted by Gasteiger charge is 2.07. The fourth-order valence-corrected chi connectivity index (χ4v) is 1.26. The maximum absolute atomic E-state index is 11.6. The first-order valence-electron chi connectivity index (χ1n) is 4.85. The molecular weight excluding hydrogens is 244 g/mol. The molecule has 2 aromatic heterocycles. The molecule has 0 aliphatic carbocycles. The summed E-state index contributed by atoms with van der Waals surface area (Å²) in [4.78, 5) is 23.1. The smallest absolute Gasteiger partial charge is 0.271 e. The van der Waals surface area contributed by atoms with Crippen LogP contribution in [0, 0.1) is 0 Å². The standard InChI is InChI=1S/C9H9ClN6O/c10-7-4-12-6(3-13-7)9(17)11-2-1-8-14-5-15-16-8/h3-5H,1-2H2,(H,11,17)(H,14,15,16). The van der Waals surface area contributed by atoms with Gasteiger partial charge in [0.1, 0.15) is 23.0 Å². The lowest BCUT2D eigenvalue weighted by Gasteiger charge is -2.02. The lowest BCUT2D eigenvalue weighted by Crippen LogP contribution is -2.26. The van der Waals surface area contributed by atoms with E-state index >= 15 is 0 Å². The van der Waals surface area contributed by atoms with E-state index in [9.17, 15) is 4.79 Å². The molecule has 1 amide bonds. The van der Waals surface area contributed by atoms with Crippen molar-refractivity contribution in [2.24, 2.45) is 0 Å². The second-order valence-electron chi connectivity index (χ2n) is 3.16. The number of hydrogen-bond acceptors (Lipinski definition) is 5. The van der Waals surface area contributed by atoms with Crippen LogP contribution in [-0.4, -0.2) is 37.6 Å². The molecule has 88 valence electrons. The van der Waals surface area contributed by atoms with Crippen molar-refractivity contribution < 1.29 is 4.79 Å². The van der Waals surface area contributed by atoms with Crippen molar-refractivity contribution >= 4 is 17.5 Å². The van der Waals surface area contributed by atoms with Gasteiger partial charge in [-0.05, 0) is 0 Å². The summed E-state index contributed by atoms with van der Waals surface area (Å²) in [6.07, 6.45) is 4.65. The molecule has 0 aliphatic rings. The number of hydrogen-bond donors (Lipinski definition) is 2. The van der Waals surface area contributed by atoms with Crippen LogP contribution in [0.5, 0.6) is 0 Å². The van der Waals surface area contributed by atoms with Gasteiger partial charge in [0.25, 0.3) is 5.91 Å². The third kappa shape index (κ3) is 3.22. The van der Waals surface area contributed by atoms with Crippen molar-refractivity contribution in [2.45, 2.75) is 6.42 Å². The summed E-state index contributed by atoms with van der Waals surface area (Å²) in [5, 5.41) is 9.34. The zero-order valence-electron chi connectivity index (χ0n) is 8.72. The third-order valence-corrected chi connectivity index (χ3v) is 2.16. The summed E-state index contributed by atoms with van der Waals surface area (Å²) < 4.78 is 0. The predicted octanol–water partition coefficient (Wildman–Crippen LogP) is 0.221. The lowest BCUT2D eigenvalue weighted by atomic mass is 10.3. The van der Waals surface area contributed by atoms with Crippen LogP contribution in [0.3, 0.4) is 0 Å². The van der Waals surface area contributed by atoms with Crippen molar-refractivity contribution in [3.8, 4) is 0 Å². The number of aromatic amines is 1. The van der Waals surface area contributed by atoms with Gasteiger partial charge in [0.15, 0.2) is 0 Å². The van der Waals surface area contributed by atoms with Gasteiger partial charge in [-0.25, -0.2) is 15.0 Å². The molecule has 0 spiro atoms. The number of nitrogens with one attached hydrogen (secondary N) is 2. The Bertz CT molecular complexity index is 483. The van der Waals surface area contributed by atoms with Gasteiger partial charge >= 0.3 is 0 Å². The van der Waals surface area contributed by atoms with Crippen LogP contribution in [-0.2, 0) is 6.42 Å². The highest BCUT2D eigenvalue weighted by Crippen LogP contribution is 2.00. The van der Waals surface area contributed by atoms with Crippen LogP contribution in [0.4, 0.5) is 0 Å². The molecule has 0 aromatic carbocycles. The third-order valence-electron chi connectivity index (χ3n) is 1.97. The fourth-order valence-electron chi connectivity index (χ4n) is 1.17. The quantitative estimate of drug-likeness (QED) is 0.811. The summed E-state index contributed by atoms with van der Waals surface area (Å²) in [7, 11) is 0. The second-order valence-corrected chi connectivity index (χ2v) is 3.55. The van der Waals surface area contributed by atoms with E-state index in [0.29, 0.717) is 18.8 Å². The second kappa shape index (κ2) is 5.35. The summed E-state index contributed by atoms with van der Waals surface area (Å²) >= 11 is 5.56. The first-order chi connectivity index (χ1) is 8.25. The van der Waals surface area contributed by atoms with Crippen molar-refractivity contribution in [3.05, 3.63) is 35.4 Å². The molecule has 7 nitrogen and oxygen atoms in total. The Morgan fingerprint density at radius 3 is 2.88 bits per heavy atom. The van der Waals surface area contributed by atoms with Crippen LogP contribution >= 0.6 is 11.6 Å². The van der Waals surface area contributed by atoms with Gasteiger partial charge in [-0.1, -0.05) is 11.6 Å². The van der Waals surface area contributed by atoms with E-state index in [1.54, 1.807) is 0 Å². The SMILES string of the molecule is O=C(NCCc1ncn[nH]1)c1cnc(Cl)cn1. The zero-order valence-corrected chi connectivity index (χ0v) is 9.48. The molecule has 2 rings (SSSR count). The number of H-pyrrole nitrogens is 1. The summed E-state index contributed by atoms with van der Waals surface area (Å²) in [6.45, 7) is 0.443. The number of nitrogens with zero attached hydrogens (tertiary/aromatic N) is 4. The van der Waals surface area contributed by atoms with Crippen LogP contribution < -0.4 is 5.32 Å². The molecule has 0 saturated heterocycles. The molecule has 2 aromatic rings. The minimum atomic E-state index is -0.298. The summed E-state index contributed by atoms with van der Waals surface area (Å²) in [6, 6.07) is 0. The van der Waals surface area contributed by atoms with Crippen molar-refractivity contribution in [1.82, 2.24) is 30.5 Å². The topological polar surface area (TPSA) is 96.5 Å². The summed E-state index contributed by atoms with van der Waals surface area (Å²) in [5.41, 5.74) is 0.229. The molecule has 2 heterocycles. The highest BCUT2D eigenvalue weighted by atomic mass is 35.5. The minimum Gasteiger partial charge on any atom is -0.350 e. The Balaban J connectivity index is 1.83. The number of halogens is 1. The average molecular weight is 253 g/mol. The molecular formula is C9H9ClN6O. The maximum Gasteiger partial charge on any atom is 0.271 e. The molecule has 0 atom stereocenters. The fraction of sp³-hybridized carbons (Fsp3) is 0.222. The van der Waals surface area contributed by atoms with Crippen LogP contribution in [0.1, 0.15) is 16.3 Å². The Labute approximate surface area is 102 Å². The van der Waals surface area contributed by atoms with Crippen molar-refractivity contribution in [3.63, 3.8) is 0 Å². The molecule has 0 bridgehead atoms. The molecule has 0 radical (unpaired) electrons.